The Morgan fingerprint density at radius 2 is 2.00 bits per heavy atom. The molecule has 0 fully saturated rings. The van der Waals surface area contributed by atoms with Crippen LogP contribution in [0.1, 0.15) is 0 Å². The number of nitrogens with zero attached hydrogens (tertiary/aromatic N) is 1. The number of aromatic nitrogens is 2. The van der Waals surface area contributed by atoms with Crippen molar-refractivity contribution in [2.24, 2.45) is 0 Å². The summed E-state index contributed by atoms with van der Waals surface area (Å²) in [4.78, 5) is 7.18. The second-order valence-electron chi connectivity index (χ2n) is 3.02. The quantitative estimate of drug-likeness (QED) is 0.788. The number of hydrogen-bond acceptors (Lipinski definition) is 3. The SMILES string of the molecule is COc1ccc(-c2c[nH]c(=S)cn2)cc1. The van der Waals surface area contributed by atoms with E-state index in [4.69, 9.17) is 17.0 Å². The molecule has 76 valence electrons. The molecule has 0 saturated heterocycles. The maximum absolute atomic E-state index is 5.08. The third-order valence-electron chi connectivity index (χ3n) is 2.06. The first-order chi connectivity index (χ1) is 7.29. The first kappa shape index (κ1) is 9.86. The number of ether oxygens (including phenoxy) is 1. The molecule has 4 heteroatoms. The van der Waals surface area contributed by atoms with E-state index in [0.29, 0.717) is 4.64 Å². The summed E-state index contributed by atoms with van der Waals surface area (Å²) in [5, 5.41) is 0. The Kier molecular flexibility index (Phi) is 2.78. The van der Waals surface area contributed by atoms with E-state index < -0.39 is 0 Å². The fourth-order valence-electron chi connectivity index (χ4n) is 1.26. The van der Waals surface area contributed by atoms with Crippen molar-refractivity contribution in [3.05, 3.63) is 41.3 Å². The summed E-state index contributed by atoms with van der Waals surface area (Å²) in [6.45, 7) is 0. The second-order valence-corrected chi connectivity index (χ2v) is 3.46. The average molecular weight is 218 g/mol. The molecule has 0 aliphatic carbocycles. The molecule has 1 aromatic heterocycles. The molecule has 2 rings (SSSR count). The fraction of sp³-hybridized carbons (Fsp3) is 0.0909. The minimum absolute atomic E-state index is 0.632. The minimum Gasteiger partial charge on any atom is -0.497 e. The largest absolute Gasteiger partial charge is 0.497 e. The summed E-state index contributed by atoms with van der Waals surface area (Å²) in [5.41, 5.74) is 1.90. The summed E-state index contributed by atoms with van der Waals surface area (Å²) in [6, 6.07) is 7.72. The molecule has 15 heavy (non-hydrogen) atoms. The highest BCUT2D eigenvalue weighted by molar-refractivity contribution is 7.71. The minimum atomic E-state index is 0.632. The third kappa shape index (κ3) is 2.22. The summed E-state index contributed by atoms with van der Waals surface area (Å²) in [7, 11) is 1.65. The summed E-state index contributed by atoms with van der Waals surface area (Å²) in [5.74, 6) is 0.836. The van der Waals surface area contributed by atoms with Gasteiger partial charge in [-0.2, -0.15) is 0 Å². The zero-order valence-electron chi connectivity index (χ0n) is 8.23. The lowest BCUT2D eigenvalue weighted by molar-refractivity contribution is 0.415. The fourth-order valence-corrected chi connectivity index (χ4v) is 1.37. The van der Waals surface area contributed by atoms with E-state index >= 15 is 0 Å². The molecule has 0 aliphatic rings. The number of rotatable bonds is 2. The van der Waals surface area contributed by atoms with Crippen LogP contribution >= 0.6 is 12.2 Å². The van der Waals surface area contributed by atoms with Crippen LogP contribution in [0.3, 0.4) is 0 Å². The van der Waals surface area contributed by atoms with Crippen LogP contribution in [0.15, 0.2) is 36.7 Å². The van der Waals surface area contributed by atoms with Gasteiger partial charge in [0.2, 0.25) is 0 Å². The number of methoxy groups -OCH3 is 1. The maximum atomic E-state index is 5.08. The maximum Gasteiger partial charge on any atom is 0.121 e. The highest BCUT2D eigenvalue weighted by Crippen LogP contribution is 2.19. The first-order valence-electron chi connectivity index (χ1n) is 4.49. The molecule has 0 unspecified atom stereocenters. The Hall–Kier alpha value is -1.68. The smallest absolute Gasteiger partial charge is 0.121 e. The molecule has 1 N–H and O–H groups in total. The van der Waals surface area contributed by atoms with Crippen molar-refractivity contribution in [3.8, 4) is 17.0 Å². The number of nitrogens with one attached hydrogen (secondary N) is 1. The van der Waals surface area contributed by atoms with Gasteiger partial charge in [0.25, 0.3) is 0 Å². The molecular formula is C11H10N2OS. The van der Waals surface area contributed by atoms with Crippen LogP contribution < -0.4 is 4.74 Å². The van der Waals surface area contributed by atoms with Crippen molar-refractivity contribution in [1.29, 1.82) is 0 Å². The van der Waals surface area contributed by atoms with Gasteiger partial charge in [-0.1, -0.05) is 12.2 Å². The molecule has 0 bridgehead atoms. The topological polar surface area (TPSA) is 37.9 Å². The lowest BCUT2D eigenvalue weighted by Crippen LogP contribution is -1.86. The van der Waals surface area contributed by atoms with E-state index in [1.807, 2.05) is 24.3 Å². The van der Waals surface area contributed by atoms with Gasteiger partial charge >= 0.3 is 0 Å². The highest BCUT2D eigenvalue weighted by Gasteiger charge is 1.98. The zero-order valence-corrected chi connectivity index (χ0v) is 9.04. The van der Waals surface area contributed by atoms with Crippen molar-refractivity contribution >= 4 is 12.2 Å². The Bertz CT molecular complexity index is 484. The van der Waals surface area contributed by atoms with Gasteiger partial charge < -0.3 is 9.72 Å². The van der Waals surface area contributed by atoms with Gasteiger partial charge in [0.05, 0.1) is 19.0 Å². The normalized spacial score (nSPS) is 9.93. The van der Waals surface area contributed by atoms with E-state index in [9.17, 15) is 0 Å². The Labute approximate surface area is 92.8 Å². The predicted octanol–water partition coefficient (Wildman–Crippen LogP) is 2.81. The van der Waals surface area contributed by atoms with Crippen molar-refractivity contribution in [3.63, 3.8) is 0 Å². The van der Waals surface area contributed by atoms with E-state index in [1.165, 1.54) is 0 Å². The van der Waals surface area contributed by atoms with Crippen LogP contribution in [0, 0.1) is 4.64 Å². The number of H-pyrrole nitrogens is 1. The average Bonchev–Trinajstić information content (AvgIpc) is 2.30. The predicted molar refractivity (Wildman–Crippen MR) is 61.4 cm³/mol. The molecular weight excluding hydrogens is 208 g/mol. The van der Waals surface area contributed by atoms with Gasteiger partial charge in [0, 0.05) is 11.8 Å². The first-order valence-corrected chi connectivity index (χ1v) is 4.89. The molecule has 0 aliphatic heterocycles. The molecule has 0 atom stereocenters. The Balaban J connectivity index is 2.37. The van der Waals surface area contributed by atoms with Gasteiger partial charge in [-0.25, -0.2) is 0 Å². The molecule has 3 nitrogen and oxygen atoms in total. The van der Waals surface area contributed by atoms with Crippen molar-refractivity contribution in [1.82, 2.24) is 9.97 Å². The Morgan fingerprint density at radius 1 is 1.27 bits per heavy atom. The number of benzene rings is 1. The molecule has 1 aromatic carbocycles. The highest BCUT2D eigenvalue weighted by atomic mass is 32.1. The standard InChI is InChI=1S/C11H10N2OS/c1-14-9-4-2-8(3-5-9)10-6-13-11(15)7-12-10/h2-7H,1H3,(H,13,15). The van der Waals surface area contributed by atoms with E-state index in [1.54, 1.807) is 19.5 Å². The van der Waals surface area contributed by atoms with Gasteiger partial charge in [-0.3, -0.25) is 4.98 Å². The second kappa shape index (κ2) is 4.23. The van der Waals surface area contributed by atoms with Crippen LogP contribution in [-0.2, 0) is 0 Å². The number of hydrogen-bond donors (Lipinski definition) is 1. The van der Waals surface area contributed by atoms with Gasteiger partial charge in [-0.05, 0) is 24.3 Å². The van der Waals surface area contributed by atoms with E-state index in [0.717, 1.165) is 17.0 Å². The summed E-state index contributed by atoms with van der Waals surface area (Å²) < 4.78 is 5.71. The molecule has 1 heterocycles. The number of aromatic amines is 1. The van der Waals surface area contributed by atoms with Crippen molar-refractivity contribution in [2.75, 3.05) is 7.11 Å². The van der Waals surface area contributed by atoms with Gasteiger partial charge in [0.15, 0.2) is 0 Å². The van der Waals surface area contributed by atoms with Crippen LogP contribution in [-0.4, -0.2) is 17.1 Å². The van der Waals surface area contributed by atoms with Crippen LogP contribution in [0.5, 0.6) is 5.75 Å². The molecule has 2 aromatic rings. The van der Waals surface area contributed by atoms with Crippen LogP contribution in [0.2, 0.25) is 0 Å². The summed E-state index contributed by atoms with van der Waals surface area (Å²) in [6.07, 6.45) is 3.43. The molecule has 0 saturated carbocycles. The monoisotopic (exact) mass is 218 g/mol. The van der Waals surface area contributed by atoms with Gasteiger partial charge in [0.1, 0.15) is 10.4 Å². The van der Waals surface area contributed by atoms with E-state index in [2.05, 4.69) is 9.97 Å². The molecule has 0 amide bonds. The third-order valence-corrected chi connectivity index (χ3v) is 2.28. The van der Waals surface area contributed by atoms with Crippen LogP contribution in [0.4, 0.5) is 0 Å². The van der Waals surface area contributed by atoms with E-state index in [-0.39, 0.29) is 0 Å². The van der Waals surface area contributed by atoms with Crippen molar-refractivity contribution < 1.29 is 4.74 Å². The zero-order chi connectivity index (χ0) is 10.7. The molecule has 0 radical (unpaired) electrons. The summed E-state index contributed by atoms with van der Waals surface area (Å²) >= 11 is 4.92. The lowest BCUT2D eigenvalue weighted by Gasteiger charge is -2.02. The van der Waals surface area contributed by atoms with Gasteiger partial charge in [-0.15, -0.1) is 0 Å². The molecule has 0 spiro atoms. The lowest BCUT2D eigenvalue weighted by atomic mass is 10.1. The van der Waals surface area contributed by atoms with Crippen molar-refractivity contribution in [2.45, 2.75) is 0 Å². The van der Waals surface area contributed by atoms with Crippen LogP contribution in [0.25, 0.3) is 11.3 Å². The Morgan fingerprint density at radius 3 is 2.53 bits per heavy atom.